The Morgan fingerprint density at radius 1 is 1.38 bits per heavy atom. The van der Waals surface area contributed by atoms with Gasteiger partial charge in [0, 0.05) is 38.3 Å². The Hall–Kier alpha value is -2.44. The molecule has 2 heterocycles. The highest BCUT2D eigenvalue weighted by Gasteiger charge is 2.15. The zero-order valence-electron chi connectivity index (χ0n) is 12.7. The first-order valence-electron chi connectivity index (χ1n) is 6.81. The van der Waals surface area contributed by atoms with Gasteiger partial charge in [0.25, 0.3) is 5.91 Å². The van der Waals surface area contributed by atoms with Gasteiger partial charge in [-0.25, -0.2) is 9.97 Å². The maximum Gasteiger partial charge on any atom is 0.272 e. The number of nitrogens with zero attached hydrogens (tertiary/aromatic N) is 4. The first-order valence-corrected chi connectivity index (χ1v) is 6.81. The van der Waals surface area contributed by atoms with Gasteiger partial charge in [-0.2, -0.15) is 5.10 Å². The predicted molar refractivity (Wildman–Crippen MR) is 80.0 cm³/mol. The fourth-order valence-corrected chi connectivity index (χ4v) is 1.86. The summed E-state index contributed by atoms with van der Waals surface area (Å²) in [5, 5.41) is 9.86. The third-order valence-electron chi connectivity index (χ3n) is 3.02. The molecule has 0 aliphatic carbocycles. The van der Waals surface area contributed by atoms with E-state index in [4.69, 9.17) is 0 Å². The second kappa shape index (κ2) is 6.34. The van der Waals surface area contributed by atoms with E-state index in [9.17, 15) is 4.79 Å². The molecule has 0 spiro atoms. The monoisotopic (exact) mass is 288 g/mol. The highest BCUT2D eigenvalue weighted by molar-refractivity contribution is 5.97. The van der Waals surface area contributed by atoms with Crippen molar-refractivity contribution in [3.8, 4) is 0 Å². The highest BCUT2D eigenvalue weighted by atomic mass is 16.1. The zero-order valence-corrected chi connectivity index (χ0v) is 12.7. The van der Waals surface area contributed by atoms with E-state index in [0.717, 1.165) is 5.56 Å². The van der Waals surface area contributed by atoms with Crippen LogP contribution in [0, 0.1) is 0 Å². The number of aromatic nitrogens is 4. The summed E-state index contributed by atoms with van der Waals surface area (Å²) in [4.78, 5) is 20.9. The topological polar surface area (TPSA) is 84.7 Å². The van der Waals surface area contributed by atoms with Gasteiger partial charge >= 0.3 is 0 Å². The van der Waals surface area contributed by atoms with Gasteiger partial charge in [-0.15, -0.1) is 0 Å². The number of carbonyl (C=O) groups excluding carboxylic acids is 1. The summed E-state index contributed by atoms with van der Waals surface area (Å²) in [7, 11) is 3.58. The quantitative estimate of drug-likeness (QED) is 0.866. The molecule has 7 heteroatoms. The number of hydrogen-bond acceptors (Lipinski definition) is 5. The largest absolute Gasteiger partial charge is 0.385 e. The number of amides is 1. The molecule has 112 valence electrons. The van der Waals surface area contributed by atoms with Gasteiger partial charge in [0.05, 0.1) is 18.1 Å². The fraction of sp³-hybridized carbons (Fsp3) is 0.429. The normalized spacial score (nSPS) is 10.7. The third-order valence-corrected chi connectivity index (χ3v) is 3.02. The predicted octanol–water partition coefficient (Wildman–Crippen LogP) is 1.31. The van der Waals surface area contributed by atoms with Crippen LogP contribution in [0.5, 0.6) is 0 Å². The van der Waals surface area contributed by atoms with Crippen molar-refractivity contribution < 1.29 is 4.79 Å². The van der Waals surface area contributed by atoms with E-state index in [2.05, 4.69) is 25.7 Å². The van der Waals surface area contributed by atoms with Gasteiger partial charge in [-0.05, 0) is 0 Å². The van der Waals surface area contributed by atoms with Crippen molar-refractivity contribution in [3.05, 3.63) is 35.7 Å². The smallest absolute Gasteiger partial charge is 0.272 e. The molecule has 0 radical (unpaired) electrons. The Morgan fingerprint density at radius 3 is 2.71 bits per heavy atom. The Bertz CT molecular complexity index is 634. The van der Waals surface area contributed by atoms with E-state index in [-0.39, 0.29) is 11.8 Å². The van der Waals surface area contributed by atoms with E-state index >= 15 is 0 Å². The van der Waals surface area contributed by atoms with Crippen LogP contribution in [0.3, 0.4) is 0 Å². The molecule has 2 rings (SSSR count). The van der Waals surface area contributed by atoms with Crippen LogP contribution in [-0.4, -0.2) is 32.7 Å². The summed E-state index contributed by atoms with van der Waals surface area (Å²) in [5.41, 5.74) is 1.91. The summed E-state index contributed by atoms with van der Waals surface area (Å²) >= 11 is 0. The van der Waals surface area contributed by atoms with Crippen molar-refractivity contribution >= 4 is 11.6 Å². The summed E-state index contributed by atoms with van der Waals surface area (Å²) < 4.78 is 1.70. The molecule has 2 aromatic heterocycles. The minimum absolute atomic E-state index is 0.167. The molecule has 0 aliphatic rings. The lowest BCUT2D eigenvalue weighted by atomic mass is 10.2. The molecule has 2 aromatic rings. The lowest BCUT2D eigenvalue weighted by Crippen LogP contribution is -2.25. The maximum absolute atomic E-state index is 12.3. The van der Waals surface area contributed by atoms with E-state index in [1.807, 2.05) is 27.1 Å². The van der Waals surface area contributed by atoms with Crippen molar-refractivity contribution in [1.29, 1.82) is 0 Å². The molecule has 0 saturated carbocycles. The molecule has 2 N–H and O–H groups in total. The minimum Gasteiger partial charge on any atom is -0.385 e. The molecule has 1 amide bonds. The third kappa shape index (κ3) is 3.56. The number of nitrogens with one attached hydrogen (secondary N) is 2. The number of anilines is 1. The molecule has 0 aliphatic heterocycles. The van der Waals surface area contributed by atoms with Gasteiger partial charge in [-0.3, -0.25) is 9.48 Å². The van der Waals surface area contributed by atoms with E-state index in [1.165, 1.54) is 0 Å². The Labute approximate surface area is 123 Å². The molecule has 0 aromatic carbocycles. The van der Waals surface area contributed by atoms with Crippen LogP contribution in [0.2, 0.25) is 0 Å². The van der Waals surface area contributed by atoms with Gasteiger partial charge in [0.1, 0.15) is 5.82 Å². The van der Waals surface area contributed by atoms with E-state index in [0.29, 0.717) is 23.8 Å². The molecule has 0 saturated heterocycles. The lowest BCUT2D eigenvalue weighted by Gasteiger charge is -2.11. The van der Waals surface area contributed by atoms with E-state index < -0.39 is 0 Å². The van der Waals surface area contributed by atoms with Crippen LogP contribution in [0.4, 0.5) is 5.69 Å². The average molecular weight is 288 g/mol. The highest BCUT2D eigenvalue weighted by Crippen LogP contribution is 2.15. The van der Waals surface area contributed by atoms with Crippen LogP contribution in [0.25, 0.3) is 0 Å². The molecule has 21 heavy (non-hydrogen) atoms. The van der Waals surface area contributed by atoms with Crippen LogP contribution < -0.4 is 10.6 Å². The molecule has 0 bridgehead atoms. The van der Waals surface area contributed by atoms with Crippen molar-refractivity contribution in [3.63, 3.8) is 0 Å². The number of hydrogen-bond donors (Lipinski definition) is 2. The Kier molecular flexibility index (Phi) is 4.52. The number of carbonyl (C=O) groups is 1. The van der Waals surface area contributed by atoms with Gasteiger partial charge < -0.3 is 10.6 Å². The van der Waals surface area contributed by atoms with Crippen LogP contribution in [0.15, 0.2) is 18.6 Å². The minimum atomic E-state index is -0.229. The summed E-state index contributed by atoms with van der Waals surface area (Å²) in [6, 6.07) is 0. The second-order valence-electron chi connectivity index (χ2n) is 5.10. The van der Waals surface area contributed by atoms with Crippen molar-refractivity contribution in [2.45, 2.75) is 26.3 Å². The number of rotatable bonds is 5. The Balaban J connectivity index is 2.15. The standard InChI is InChI=1S/C14H20N6O/c1-9(2)13-16-7-11(15-3)12(19-13)14(21)17-5-10-6-18-20(4)8-10/h6-9,15H,5H2,1-4H3,(H,17,21). The first kappa shape index (κ1) is 15.0. The molecule has 0 unspecified atom stereocenters. The molecule has 0 fully saturated rings. The summed E-state index contributed by atoms with van der Waals surface area (Å²) in [6.07, 6.45) is 5.22. The zero-order chi connectivity index (χ0) is 15.4. The lowest BCUT2D eigenvalue weighted by molar-refractivity contribution is 0.0946. The average Bonchev–Trinajstić information content (AvgIpc) is 2.89. The maximum atomic E-state index is 12.3. The molecular formula is C14H20N6O. The fourth-order valence-electron chi connectivity index (χ4n) is 1.86. The van der Waals surface area contributed by atoms with Crippen LogP contribution >= 0.6 is 0 Å². The molecular weight excluding hydrogens is 268 g/mol. The molecule has 7 nitrogen and oxygen atoms in total. The molecule has 0 atom stereocenters. The van der Waals surface area contributed by atoms with Gasteiger partial charge in [-0.1, -0.05) is 13.8 Å². The Morgan fingerprint density at radius 2 is 2.14 bits per heavy atom. The van der Waals surface area contributed by atoms with Crippen molar-refractivity contribution in [1.82, 2.24) is 25.1 Å². The first-order chi connectivity index (χ1) is 10.0. The van der Waals surface area contributed by atoms with Crippen molar-refractivity contribution in [2.75, 3.05) is 12.4 Å². The second-order valence-corrected chi connectivity index (χ2v) is 5.10. The van der Waals surface area contributed by atoms with Gasteiger partial charge in [0.15, 0.2) is 5.69 Å². The van der Waals surface area contributed by atoms with Gasteiger partial charge in [0.2, 0.25) is 0 Å². The van der Waals surface area contributed by atoms with Crippen LogP contribution in [0.1, 0.15) is 41.6 Å². The number of aryl methyl sites for hydroxylation is 1. The summed E-state index contributed by atoms with van der Waals surface area (Å²) in [6.45, 7) is 4.40. The van der Waals surface area contributed by atoms with Crippen LogP contribution in [-0.2, 0) is 13.6 Å². The van der Waals surface area contributed by atoms with Crippen molar-refractivity contribution in [2.24, 2.45) is 7.05 Å². The van der Waals surface area contributed by atoms with E-state index in [1.54, 1.807) is 24.1 Å². The SMILES string of the molecule is CNc1cnc(C(C)C)nc1C(=O)NCc1cnn(C)c1. The summed E-state index contributed by atoms with van der Waals surface area (Å²) in [5.74, 6) is 0.591.